The molecule has 0 bridgehead atoms. The monoisotopic (exact) mass is 537 g/mol. The summed E-state index contributed by atoms with van der Waals surface area (Å²) >= 11 is 0. The molecule has 2 fully saturated rings. The molecule has 1 aromatic rings. The second kappa shape index (κ2) is 11.6. The molecule has 2 heterocycles. The average molecular weight is 538 g/mol. The highest BCUT2D eigenvalue weighted by Crippen LogP contribution is 2.46. The van der Waals surface area contributed by atoms with E-state index in [0.717, 1.165) is 37.7 Å². The van der Waals surface area contributed by atoms with E-state index in [-0.39, 0.29) is 42.5 Å². The second-order valence-electron chi connectivity index (χ2n) is 11.5. The molecule has 4 rings (SSSR count). The van der Waals surface area contributed by atoms with Crippen LogP contribution in [0.2, 0.25) is 0 Å². The number of likely N-dealkylation sites (tertiary alicyclic amines) is 1. The van der Waals surface area contributed by atoms with Gasteiger partial charge in [0.1, 0.15) is 18.1 Å². The van der Waals surface area contributed by atoms with Gasteiger partial charge in [-0.05, 0) is 42.7 Å². The van der Waals surface area contributed by atoms with Crippen molar-refractivity contribution in [1.29, 1.82) is 5.26 Å². The van der Waals surface area contributed by atoms with E-state index in [1.807, 2.05) is 38.1 Å². The number of likely N-dealkylation sites (N-methyl/N-ethyl adjacent to an activating group) is 1. The second-order valence-corrected chi connectivity index (χ2v) is 11.5. The average Bonchev–Trinajstić information content (AvgIpc) is 3.47. The number of alkyl carbamates (subject to hydrolysis) is 1. The molecule has 10 nitrogen and oxygen atoms in total. The van der Waals surface area contributed by atoms with Crippen LogP contribution in [-0.2, 0) is 24.5 Å². The fourth-order valence-corrected chi connectivity index (χ4v) is 6.46. The lowest BCUT2D eigenvalue weighted by atomic mass is 9.80. The van der Waals surface area contributed by atoms with Crippen molar-refractivity contribution in [3.8, 4) is 6.07 Å². The molecule has 1 saturated heterocycles. The highest BCUT2D eigenvalue weighted by Gasteiger charge is 2.56. The molecule has 39 heavy (non-hydrogen) atoms. The number of para-hydroxylation sites is 1. The van der Waals surface area contributed by atoms with Gasteiger partial charge in [-0.15, -0.1) is 0 Å². The van der Waals surface area contributed by atoms with Crippen LogP contribution in [0.4, 0.5) is 10.5 Å². The fourth-order valence-electron chi connectivity index (χ4n) is 6.46. The van der Waals surface area contributed by atoms with Gasteiger partial charge in [0.2, 0.25) is 17.7 Å². The lowest BCUT2D eigenvalue weighted by Gasteiger charge is -2.37. The van der Waals surface area contributed by atoms with Crippen LogP contribution in [-0.4, -0.2) is 72.4 Å². The molecule has 2 aliphatic heterocycles. The van der Waals surface area contributed by atoms with Crippen molar-refractivity contribution in [1.82, 2.24) is 15.1 Å². The predicted molar refractivity (Wildman–Crippen MR) is 144 cm³/mol. The van der Waals surface area contributed by atoms with Gasteiger partial charge in [0, 0.05) is 25.7 Å². The van der Waals surface area contributed by atoms with E-state index >= 15 is 0 Å². The van der Waals surface area contributed by atoms with E-state index < -0.39 is 29.6 Å². The Kier molecular flexibility index (Phi) is 8.48. The van der Waals surface area contributed by atoms with Crippen molar-refractivity contribution in [2.75, 3.05) is 26.0 Å². The van der Waals surface area contributed by atoms with Gasteiger partial charge in [-0.1, -0.05) is 51.3 Å². The molecule has 1 aliphatic carbocycles. The molecule has 1 unspecified atom stereocenters. The molecule has 2 N–H and O–H groups in total. The van der Waals surface area contributed by atoms with Crippen LogP contribution in [0.25, 0.3) is 0 Å². The lowest BCUT2D eigenvalue weighted by molar-refractivity contribution is -0.147. The number of fused-ring (bicyclic) bond motifs is 2. The van der Waals surface area contributed by atoms with E-state index in [1.165, 1.54) is 16.9 Å². The van der Waals surface area contributed by atoms with Crippen molar-refractivity contribution >= 4 is 29.5 Å². The van der Waals surface area contributed by atoms with Crippen LogP contribution < -0.4 is 10.6 Å². The minimum atomic E-state index is -1.01. The van der Waals surface area contributed by atoms with E-state index in [1.54, 1.807) is 7.05 Å². The van der Waals surface area contributed by atoms with Crippen LogP contribution >= 0.6 is 0 Å². The Labute approximate surface area is 230 Å². The van der Waals surface area contributed by atoms with Gasteiger partial charge in [-0.25, -0.2) is 4.79 Å². The van der Waals surface area contributed by atoms with Crippen LogP contribution in [0.5, 0.6) is 0 Å². The number of nitriles is 1. The number of hydrogen-bond acceptors (Lipinski definition) is 6. The number of methoxy groups -OCH3 is 1. The number of benzene rings is 1. The molecule has 0 aromatic heterocycles. The topological polar surface area (TPSA) is 132 Å². The summed E-state index contributed by atoms with van der Waals surface area (Å²) in [7, 11) is 2.85. The molecule has 210 valence electrons. The van der Waals surface area contributed by atoms with Gasteiger partial charge >= 0.3 is 6.09 Å². The summed E-state index contributed by atoms with van der Waals surface area (Å²) < 4.78 is 4.81. The molecular formula is C29H39N5O5. The molecule has 1 saturated carbocycles. The van der Waals surface area contributed by atoms with Gasteiger partial charge in [0.25, 0.3) is 0 Å². The predicted octanol–water partition coefficient (Wildman–Crippen LogP) is 3.18. The van der Waals surface area contributed by atoms with Gasteiger partial charge in [-0.2, -0.15) is 5.26 Å². The molecule has 1 aromatic carbocycles. The molecule has 10 heteroatoms. The summed E-state index contributed by atoms with van der Waals surface area (Å²) in [4.78, 5) is 56.4. The van der Waals surface area contributed by atoms with Crippen molar-refractivity contribution < 1.29 is 23.9 Å². The van der Waals surface area contributed by atoms with Gasteiger partial charge in [0.05, 0.1) is 18.6 Å². The lowest BCUT2D eigenvalue weighted by Crippen LogP contribution is -2.58. The standard InChI is InChI=1S/C29H39N5O5/c1-18(2)14-23(33(3)26(36)24(32-28(38)39-4)19-10-6-5-7-11-19)25(35)34-17-29(15-20(34)16-30)21-12-8-9-13-22(21)31-27(29)37/h8-9,12-13,18-20,23-24H,5-7,10-11,14-15,17H2,1-4H3,(H,31,37)(H,32,38)/t20-,23-,24?,29-/m0/s1. The van der Waals surface area contributed by atoms with Crippen LogP contribution in [0.3, 0.4) is 0 Å². The van der Waals surface area contributed by atoms with E-state index in [9.17, 15) is 24.4 Å². The maximum absolute atomic E-state index is 14.2. The Morgan fingerprint density at radius 3 is 2.56 bits per heavy atom. The third kappa shape index (κ3) is 5.45. The SMILES string of the molecule is COC(=O)NC(C(=O)N(C)[C@@H](CC(C)C)C(=O)N1C[C@]2(C[C@H]1C#N)C(=O)Nc1ccccc12)C1CCCCC1. The third-order valence-electron chi connectivity index (χ3n) is 8.56. The van der Waals surface area contributed by atoms with E-state index in [0.29, 0.717) is 12.1 Å². The Hall–Kier alpha value is -3.61. The molecule has 1 spiro atoms. The minimum Gasteiger partial charge on any atom is -0.453 e. The zero-order chi connectivity index (χ0) is 28.3. The number of anilines is 1. The number of carbonyl (C=O) groups excluding carboxylic acids is 4. The van der Waals surface area contributed by atoms with Crippen LogP contribution in [0.1, 0.15) is 64.4 Å². The summed E-state index contributed by atoms with van der Waals surface area (Å²) in [5.74, 6) is -0.909. The van der Waals surface area contributed by atoms with Crippen LogP contribution in [0, 0.1) is 23.2 Å². The first-order valence-corrected chi connectivity index (χ1v) is 13.8. The number of nitrogens with zero attached hydrogens (tertiary/aromatic N) is 3. The van der Waals surface area contributed by atoms with Crippen molar-refractivity contribution in [3.05, 3.63) is 29.8 Å². The first-order chi connectivity index (χ1) is 18.6. The Bertz CT molecular complexity index is 1160. The zero-order valence-corrected chi connectivity index (χ0v) is 23.2. The quantitative estimate of drug-likeness (QED) is 0.549. The summed E-state index contributed by atoms with van der Waals surface area (Å²) in [6.45, 7) is 4.01. The fraction of sp³-hybridized carbons (Fsp3) is 0.621. The first kappa shape index (κ1) is 28.4. The number of carbonyl (C=O) groups is 4. The molecule has 0 radical (unpaired) electrons. The third-order valence-corrected chi connectivity index (χ3v) is 8.56. The Balaban J connectivity index is 1.62. The van der Waals surface area contributed by atoms with Gasteiger partial charge in [0.15, 0.2) is 0 Å². The molecular weight excluding hydrogens is 498 g/mol. The number of ether oxygens (including phenoxy) is 1. The summed E-state index contributed by atoms with van der Waals surface area (Å²) in [5.41, 5.74) is 0.480. The summed E-state index contributed by atoms with van der Waals surface area (Å²) in [6, 6.07) is 7.13. The number of nitrogens with one attached hydrogen (secondary N) is 2. The number of rotatable bonds is 7. The van der Waals surface area contributed by atoms with Gasteiger partial charge < -0.3 is 25.2 Å². The molecule has 4 atom stereocenters. The zero-order valence-electron chi connectivity index (χ0n) is 23.2. The van der Waals surface area contributed by atoms with E-state index in [2.05, 4.69) is 16.7 Å². The largest absolute Gasteiger partial charge is 0.453 e. The smallest absolute Gasteiger partial charge is 0.407 e. The maximum atomic E-state index is 14.2. The first-order valence-electron chi connectivity index (χ1n) is 13.8. The van der Waals surface area contributed by atoms with Gasteiger partial charge in [-0.3, -0.25) is 14.4 Å². The summed E-state index contributed by atoms with van der Waals surface area (Å²) in [5, 5.41) is 15.7. The number of amides is 4. The molecule has 4 amide bonds. The van der Waals surface area contributed by atoms with Crippen LogP contribution in [0.15, 0.2) is 24.3 Å². The van der Waals surface area contributed by atoms with Crippen molar-refractivity contribution in [2.24, 2.45) is 11.8 Å². The maximum Gasteiger partial charge on any atom is 0.407 e. The highest BCUT2D eigenvalue weighted by atomic mass is 16.5. The number of hydrogen-bond donors (Lipinski definition) is 2. The minimum absolute atomic E-state index is 0.0526. The Morgan fingerprint density at radius 2 is 1.92 bits per heavy atom. The normalized spacial score (nSPS) is 24.1. The van der Waals surface area contributed by atoms with Crippen molar-refractivity contribution in [3.63, 3.8) is 0 Å². The van der Waals surface area contributed by atoms with E-state index in [4.69, 9.17) is 4.74 Å². The highest BCUT2D eigenvalue weighted by molar-refractivity contribution is 6.07. The summed E-state index contributed by atoms with van der Waals surface area (Å²) in [6.07, 6.45) is 4.52. The Morgan fingerprint density at radius 1 is 1.23 bits per heavy atom. The van der Waals surface area contributed by atoms with Crippen molar-refractivity contribution in [2.45, 2.75) is 82.3 Å². The molecule has 3 aliphatic rings.